The van der Waals surface area contributed by atoms with E-state index in [4.69, 9.17) is 4.99 Å². The molecule has 0 N–H and O–H groups in total. The molecule has 2 heterocycles. The van der Waals surface area contributed by atoms with Gasteiger partial charge < -0.3 is 4.57 Å². The molecule has 3 heteroatoms. The van der Waals surface area contributed by atoms with Crippen LogP contribution in [0.4, 0.5) is 0 Å². The summed E-state index contributed by atoms with van der Waals surface area (Å²) in [5.74, 6) is 0.905. The number of nitrogens with zero attached hydrogens (tertiary/aromatic N) is 3. The molecular formula is C51H37N3. The standard InChI is InChI=1S/C51H37N3/c1-34(35-13-4-3-5-14-35)31-51(52-2)54-48-22-11-9-19-44(48)46-30-26-39(33-50(46)54)38-25-29-45-43-18-8-10-21-47(43)53(49(45)32-38)40-27-23-37(24-28-40)42-20-12-16-36-15-6-7-17-41(36)42/h3-33H,1-2H3/b34-31+,52-51?. The van der Waals surface area contributed by atoms with E-state index in [0.29, 0.717) is 0 Å². The van der Waals surface area contributed by atoms with Gasteiger partial charge in [-0.25, -0.2) is 0 Å². The number of aromatic nitrogens is 2. The van der Waals surface area contributed by atoms with Crippen LogP contribution in [-0.2, 0) is 0 Å². The van der Waals surface area contributed by atoms with E-state index in [1.165, 1.54) is 71.2 Å². The minimum absolute atomic E-state index is 0.905. The van der Waals surface area contributed by atoms with Crippen molar-refractivity contribution < 1.29 is 0 Å². The fourth-order valence-electron chi connectivity index (χ4n) is 8.30. The van der Waals surface area contributed by atoms with E-state index in [2.05, 4.69) is 204 Å². The molecule has 0 saturated carbocycles. The molecular weight excluding hydrogens is 655 g/mol. The zero-order valence-electron chi connectivity index (χ0n) is 30.2. The summed E-state index contributed by atoms with van der Waals surface area (Å²) in [6, 6.07) is 65.9. The maximum Gasteiger partial charge on any atom is 0.132 e. The number of allylic oxidation sites excluding steroid dienone is 2. The molecule has 8 aromatic carbocycles. The second-order valence-electron chi connectivity index (χ2n) is 14.0. The zero-order chi connectivity index (χ0) is 36.2. The van der Waals surface area contributed by atoms with Gasteiger partial charge >= 0.3 is 0 Å². The van der Waals surface area contributed by atoms with Gasteiger partial charge in [0.25, 0.3) is 0 Å². The molecule has 10 rings (SSSR count). The first kappa shape index (κ1) is 31.7. The lowest BCUT2D eigenvalue weighted by Gasteiger charge is -2.12. The molecule has 0 atom stereocenters. The Hall–Kier alpha value is -6.97. The molecule has 0 unspecified atom stereocenters. The van der Waals surface area contributed by atoms with Gasteiger partial charge in [0.05, 0.1) is 22.1 Å². The first-order valence-electron chi connectivity index (χ1n) is 18.5. The Bertz CT molecular complexity index is 3100. The van der Waals surface area contributed by atoms with Crippen molar-refractivity contribution in [3.63, 3.8) is 0 Å². The minimum Gasteiger partial charge on any atom is -0.309 e. The SMILES string of the molecule is CN=C(/C=C(\C)c1ccccc1)n1c2ccccc2c2ccc(-c3ccc4c5ccccc5n(-c5ccc(-c6cccc7ccccc67)cc5)c4c3)cc21. The Morgan fingerprint density at radius 3 is 1.76 bits per heavy atom. The highest BCUT2D eigenvalue weighted by Crippen LogP contribution is 2.38. The summed E-state index contributed by atoms with van der Waals surface area (Å²) < 4.78 is 4.73. The maximum absolute atomic E-state index is 4.85. The molecule has 0 aliphatic heterocycles. The quantitative estimate of drug-likeness (QED) is 0.127. The second-order valence-corrected chi connectivity index (χ2v) is 14.0. The highest BCUT2D eigenvalue weighted by molar-refractivity contribution is 6.18. The van der Waals surface area contributed by atoms with E-state index in [0.717, 1.165) is 28.1 Å². The molecule has 0 saturated heterocycles. The van der Waals surface area contributed by atoms with Gasteiger partial charge in [0.2, 0.25) is 0 Å². The van der Waals surface area contributed by atoms with Crippen LogP contribution >= 0.6 is 0 Å². The first-order chi connectivity index (χ1) is 26.7. The molecule has 0 spiro atoms. The van der Waals surface area contributed by atoms with Gasteiger partial charge in [0, 0.05) is 34.3 Å². The number of aliphatic imine (C=N–C) groups is 1. The van der Waals surface area contributed by atoms with Crippen LogP contribution in [0.15, 0.2) is 193 Å². The van der Waals surface area contributed by atoms with Crippen LogP contribution in [0.25, 0.3) is 87.9 Å². The van der Waals surface area contributed by atoms with Crippen molar-refractivity contribution in [2.45, 2.75) is 6.92 Å². The van der Waals surface area contributed by atoms with Crippen molar-refractivity contribution in [2.75, 3.05) is 7.05 Å². The van der Waals surface area contributed by atoms with E-state index in [9.17, 15) is 0 Å². The van der Waals surface area contributed by atoms with Gasteiger partial charge in [0.15, 0.2) is 0 Å². The number of rotatable bonds is 5. The topological polar surface area (TPSA) is 22.2 Å². The lowest BCUT2D eigenvalue weighted by molar-refractivity contribution is 1.18. The third kappa shape index (κ3) is 5.16. The Labute approximate surface area is 314 Å². The van der Waals surface area contributed by atoms with E-state index in [1.54, 1.807) is 0 Å². The monoisotopic (exact) mass is 691 g/mol. The number of hydrogen-bond acceptors (Lipinski definition) is 1. The van der Waals surface area contributed by atoms with Gasteiger partial charge in [-0.1, -0.05) is 146 Å². The van der Waals surface area contributed by atoms with Crippen molar-refractivity contribution in [1.29, 1.82) is 0 Å². The first-order valence-corrected chi connectivity index (χ1v) is 18.5. The average molecular weight is 692 g/mol. The zero-order valence-corrected chi connectivity index (χ0v) is 30.2. The molecule has 2 aromatic heterocycles. The van der Waals surface area contributed by atoms with Crippen molar-refractivity contribution in [3.05, 3.63) is 194 Å². The molecule has 0 amide bonds. The van der Waals surface area contributed by atoms with Crippen LogP contribution in [0.1, 0.15) is 12.5 Å². The van der Waals surface area contributed by atoms with Gasteiger partial charge in [-0.15, -0.1) is 0 Å². The summed E-state index contributed by atoms with van der Waals surface area (Å²) in [7, 11) is 1.88. The van der Waals surface area contributed by atoms with Crippen LogP contribution in [0.5, 0.6) is 0 Å². The van der Waals surface area contributed by atoms with Crippen LogP contribution in [0.2, 0.25) is 0 Å². The molecule has 0 aliphatic carbocycles. The highest BCUT2D eigenvalue weighted by Gasteiger charge is 2.17. The van der Waals surface area contributed by atoms with Gasteiger partial charge in [-0.3, -0.25) is 9.56 Å². The molecule has 256 valence electrons. The van der Waals surface area contributed by atoms with Crippen molar-refractivity contribution >= 4 is 65.8 Å². The summed E-state index contributed by atoms with van der Waals surface area (Å²) in [5, 5.41) is 7.44. The molecule has 10 aromatic rings. The van der Waals surface area contributed by atoms with Crippen molar-refractivity contribution in [1.82, 2.24) is 9.13 Å². The highest BCUT2D eigenvalue weighted by atomic mass is 15.1. The Kier molecular flexibility index (Phi) is 7.59. The van der Waals surface area contributed by atoms with Crippen LogP contribution in [-0.4, -0.2) is 22.0 Å². The largest absolute Gasteiger partial charge is 0.309 e. The molecule has 0 fully saturated rings. The Balaban J connectivity index is 1.12. The normalized spacial score (nSPS) is 12.5. The number of hydrogen-bond donors (Lipinski definition) is 0. The van der Waals surface area contributed by atoms with Crippen LogP contribution < -0.4 is 0 Å². The Morgan fingerprint density at radius 1 is 0.463 bits per heavy atom. The number of para-hydroxylation sites is 2. The predicted octanol–water partition coefficient (Wildman–Crippen LogP) is 13.4. The van der Waals surface area contributed by atoms with Gasteiger partial charge in [-0.2, -0.15) is 0 Å². The summed E-state index contributed by atoms with van der Waals surface area (Å²) >= 11 is 0. The molecule has 0 bridgehead atoms. The third-order valence-corrected chi connectivity index (χ3v) is 10.9. The van der Waals surface area contributed by atoms with Crippen LogP contribution in [0, 0.1) is 0 Å². The molecule has 54 heavy (non-hydrogen) atoms. The fraction of sp³-hybridized carbons (Fsp3) is 0.0392. The molecule has 3 nitrogen and oxygen atoms in total. The fourth-order valence-corrected chi connectivity index (χ4v) is 8.30. The predicted molar refractivity (Wildman–Crippen MR) is 231 cm³/mol. The minimum atomic E-state index is 0.905. The van der Waals surface area contributed by atoms with Crippen molar-refractivity contribution in [3.8, 4) is 27.9 Å². The summed E-state index contributed by atoms with van der Waals surface area (Å²) in [6.45, 7) is 2.16. The lowest BCUT2D eigenvalue weighted by Crippen LogP contribution is -2.09. The molecule has 0 aliphatic rings. The lowest BCUT2D eigenvalue weighted by atomic mass is 9.98. The number of benzene rings is 8. The van der Waals surface area contributed by atoms with Crippen LogP contribution in [0.3, 0.4) is 0 Å². The number of fused-ring (bicyclic) bond motifs is 7. The van der Waals surface area contributed by atoms with Gasteiger partial charge in [0.1, 0.15) is 5.84 Å². The van der Waals surface area contributed by atoms with E-state index >= 15 is 0 Å². The summed E-state index contributed by atoms with van der Waals surface area (Å²) in [4.78, 5) is 4.85. The van der Waals surface area contributed by atoms with E-state index < -0.39 is 0 Å². The van der Waals surface area contributed by atoms with E-state index in [1.807, 2.05) is 7.05 Å². The summed E-state index contributed by atoms with van der Waals surface area (Å²) in [6.07, 6.45) is 2.20. The Morgan fingerprint density at radius 2 is 1.02 bits per heavy atom. The second kappa shape index (κ2) is 12.9. The van der Waals surface area contributed by atoms with Gasteiger partial charge in [-0.05, 0) is 93.6 Å². The smallest absolute Gasteiger partial charge is 0.132 e. The average Bonchev–Trinajstić information content (AvgIpc) is 3.75. The molecule has 0 radical (unpaired) electrons. The summed E-state index contributed by atoms with van der Waals surface area (Å²) in [5.41, 5.74) is 13.0. The van der Waals surface area contributed by atoms with Crippen molar-refractivity contribution in [2.24, 2.45) is 4.99 Å². The third-order valence-electron chi connectivity index (χ3n) is 10.9. The maximum atomic E-state index is 4.85. The van der Waals surface area contributed by atoms with E-state index in [-0.39, 0.29) is 0 Å².